The Morgan fingerprint density at radius 2 is 2.00 bits per heavy atom. The van der Waals surface area contributed by atoms with Gasteiger partial charge in [0.25, 0.3) is 0 Å². The Morgan fingerprint density at radius 1 is 1.17 bits per heavy atom. The molecule has 3 heteroatoms. The van der Waals surface area contributed by atoms with Crippen molar-refractivity contribution < 1.29 is 4.74 Å². The summed E-state index contributed by atoms with van der Waals surface area (Å²) in [6.45, 7) is 9.12. The summed E-state index contributed by atoms with van der Waals surface area (Å²) < 4.78 is 5.64. The molecule has 18 heavy (non-hydrogen) atoms. The standard InChI is InChI=1S/C15H26N2O/c1-4-6-7-11-18-15-9-8-14(13(3)17-15)12-16-10-5-2/h8-9,16H,4-7,10-12H2,1-3H3. The molecule has 0 saturated heterocycles. The van der Waals surface area contributed by atoms with Gasteiger partial charge in [0.2, 0.25) is 5.88 Å². The van der Waals surface area contributed by atoms with Crippen molar-refractivity contribution in [2.75, 3.05) is 13.2 Å². The van der Waals surface area contributed by atoms with Gasteiger partial charge in [-0.15, -0.1) is 0 Å². The summed E-state index contributed by atoms with van der Waals surface area (Å²) in [5, 5.41) is 3.39. The molecule has 0 aliphatic rings. The molecule has 0 bridgehead atoms. The van der Waals surface area contributed by atoms with Crippen LogP contribution in [0.2, 0.25) is 0 Å². The summed E-state index contributed by atoms with van der Waals surface area (Å²) in [6, 6.07) is 4.09. The first-order valence-electron chi connectivity index (χ1n) is 7.08. The Hall–Kier alpha value is -1.09. The van der Waals surface area contributed by atoms with Crippen LogP contribution in [0.5, 0.6) is 5.88 Å². The SMILES string of the molecule is CCCCCOc1ccc(CNCCC)c(C)n1. The Labute approximate surface area is 111 Å². The lowest BCUT2D eigenvalue weighted by Crippen LogP contribution is -2.15. The van der Waals surface area contributed by atoms with E-state index in [2.05, 4.69) is 30.2 Å². The summed E-state index contributed by atoms with van der Waals surface area (Å²) >= 11 is 0. The zero-order valence-electron chi connectivity index (χ0n) is 12.0. The van der Waals surface area contributed by atoms with E-state index in [1.807, 2.05) is 13.0 Å². The molecule has 0 saturated carbocycles. The average molecular weight is 250 g/mol. The molecule has 1 heterocycles. The van der Waals surface area contributed by atoms with Gasteiger partial charge < -0.3 is 10.1 Å². The van der Waals surface area contributed by atoms with E-state index in [0.29, 0.717) is 0 Å². The van der Waals surface area contributed by atoms with Gasteiger partial charge in [-0.25, -0.2) is 4.98 Å². The van der Waals surface area contributed by atoms with E-state index >= 15 is 0 Å². The summed E-state index contributed by atoms with van der Waals surface area (Å²) in [5.74, 6) is 0.753. The fraction of sp³-hybridized carbons (Fsp3) is 0.667. The predicted molar refractivity (Wildman–Crippen MR) is 76.0 cm³/mol. The smallest absolute Gasteiger partial charge is 0.213 e. The van der Waals surface area contributed by atoms with Gasteiger partial charge >= 0.3 is 0 Å². The van der Waals surface area contributed by atoms with Gasteiger partial charge in [-0.2, -0.15) is 0 Å². The van der Waals surface area contributed by atoms with Crippen LogP contribution in [-0.2, 0) is 6.54 Å². The second-order valence-electron chi connectivity index (χ2n) is 4.63. The Kier molecular flexibility index (Phi) is 7.42. The number of rotatable bonds is 9. The van der Waals surface area contributed by atoms with Crippen molar-refractivity contribution in [2.24, 2.45) is 0 Å². The quantitative estimate of drug-likeness (QED) is 0.682. The van der Waals surface area contributed by atoms with Gasteiger partial charge in [0.1, 0.15) is 0 Å². The van der Waals surface area contributed by atoms with Crippen molar-refractivity contribution in [1.29, 1.82) is 0 Å². The van der Waals surface area contributed by atoms with Crippen LogP contribution in [0.1, 0.15) is 50.8 Å². The predicted octanol–water partition coefficient (Wildman–Crippen LogP) is 3.46. The molecular weight excluding hydrogens is 224 g/mol. The minimum atomic E-state index is 0.753. The van der Waals surface area contributed by atoms with E-state index in [9.17, 15) is 0 Å². The third kappa shape index (κ3) is 5.50. The molecule has 1 rings (SSSR count). The van der Waals surface area contributed by atoms with Gasteiger partial charge in [0.15, 0.2) is 0 Å². The van der Waals surface area contributed by atoms with Crippen molar-refractivity contribution in [3.05, 3.63) is 23.4 Å². The van der Waals surface area contributed by atoms with Crippen molar-refractivity contribution in [3.63, 3.8) is 0 Å². The van der Waals surface area contributed by atoms with Crippen molar-refractivity contribution in [2.45, 2.75) is 53.0 Å². The van der Waals surface area contributed by atoms with Gasteiger partial charge in [0, 0.05) is 18.3 Å². The molecule has 0 radical (unpaired) electrons. The minimum absolute atomic E-state index is 0.753. The minimum Gasteiger partial charge on any atom is -0.478 e. The second-order valence-corrected chi connectivity index (χ2v) is 4.63. The molecule has 0 spiro atoms. The maximum Gasteiger partial charge on any atom is 0.213 e. The molecule has 0 aromatic carbocycles. The molecule has 0 unspecified atom stereocenters. The van der Waals surface area contributed by atoms with Crippen molar-refractivity contribution in [1.82, 2.24) is 10.3 Å². The monoisotopic (exact) mass is 250 g/mol. The summed E-state index contributed by atoms with van der Waals surface area (Å²) in [5.41, 5.74) is 2.32. The Bertz CT molecular complexity index is 339. The number of aromatic nitrogens is 1. The molecule has 3 nitrogen and oxygen atoms in total. The van der Waals surface area contributed by atoms with Crippen LogP contribution in [0, 0.1) is 6.92 Å². The van der Waals surface area contributed by atoms with E-state index in [0.717, 1.165) is 44.1 Å². The topological polar surface area (TPSA) is 34.1 Å². The highest BCUT2D eigenvalue weighted by Crippen LogP contribution is 2.13. The molecule has 0 amide bonds. The Morgan fingerprint density at radius 3 is 2.67 bits per heavy atom. The first-order chi connectivity index (χ1) is 8.77. The highest BCUT2D eigenvalue weighted by atomic mass is 16.5. The van der Waals surface area contributed by atoms with Crippen LogP contribution in [0.15, 0.2) is 12.1 Å². The molecule has 1 N–H and O–H groups in total. The van der Waals surface area contributed by atoms with Crippen LogP contribution in [0.3, 0.4) is 0 Å². The van der Waals surface area contributed by atoms with E-state index in [1.54, 1.807) is 0 Å². The largest absolute Gasteiger partial charge is 0.478 e. The van der Waals surface area contributed by atoms with Crippen LogP contribution in [-0.4, -0.2) is 18.1 Å². The van der Waals surface area contributed by atoms with Gasteiger partial charge in [-0.3, -0.25) is 0 Å². The maximum absolute atomic E-state index is 5.64. The number of hydrogen-bond acceptors (Lipinski definition) is 3. The molecule has 0 aliphatic carbocycles. The van der Waals surface area contributed by atoms with Crippen LogP contribution in [0.25, 0.3) is 0 Å². The zero-order chi connectivity index (χ0) is 13.2. The summed E-state index contributed by atoms with van der Waals surface area (Å²) in [4.78, 5) is 4.49. The number of ether oxygens (including phenoxy) is 1. The fourth-order valence-electron chi connectivity index (χ4n) is 1.76. The molecule has 102 valence electrons. The Balaban J connectivity index is 2.41. The summed E-state index contributed by atoms with van der Waals surface area (Å²) in [6.07, 6.45) is 4.71. The van der Waals surface area contributed by atoms with Gasteiger partial charge in [-0.05, 0) is 31.9 Å². The number of aryl methyl sites for hydroxylation is 1. The summed E-state index contributed by atoms with van der Waals surface area (Å²) in [7, 11) is 0. The molecule has 0 fully saturated rings. The maximum atomic E-state index is 5.64. The first kappa shape index (κ1) is 15.0. The van der Waals surface area contributed by atoms with Crippen molar-refractivity contribution in [3.8, 4) is 5.88 Å². The third-order valence-electron chi connectivity index (χ3n) is 2.91. The van der Waals surface area contributed by atoms with Crippen LogP contribution < -0.4 is 10.1 Å². The molecular formula is C15H26N2O. The highest BCUT2D eigenvalue weighted by Gasteiger charge is 2.02. The first-order valence-corrected chi connectivity index (χ1v) is 7.08. The number of hydrogen-bond donors (Lipinski definition) is 1. The number of nitrogens with zero attached hydrogens (tertiary/aromatic N) is 1. The molecule has 0 atom stereocenters. The molecule has 1 aromatic rings. The molecule has 1 aromatic heterocycles. The van der Waals surface area contributed by atoms with Crippen LogP contribution >= 0.6 is 0 Å². The lowest BCUT2D eigenvalue weighted by Gasteiger charge is -2.09. The fourth-order valence-corrected chi connectivity index (χ4v) is 1.76. The highest BCUT2D eigenvalue weighted by molar-refractivity contribution is 5.24. The number of pyridine rings is 1. The lowest BCUT2D eigenvalue weighted by atomic mass is 10.2. The number of nitrogens with one attached hydrogen (secondary N) is 1. The third-order valence-corrected chi connectivity index (χ3v) is 2.91. The van der Waals surface area contributed by atoms with E-state index < -0.39 is 0 Å². The second kappa shape index (κ2) is 8.92. The van der Waals surface area contributed by atoms with E-state index in [4.69, 9.17) is 4.74 Å². The van der Waals surface area contributed by atoms with Gasteiger partial charge in [0.05, 0.1) is 6.61 Å². The number of unbranched alkanes of at least 4 members (excludes halogenated alkanes) is 2. The normalized spacial score (nSPS) is 10.6. The van der Waals surface area contributed by atoms with Crippen molar-refractivity contribution >= 4 is 0 Å². The van der Waals surface area contributed by atoms with E-state index in [-0.39, 0.29) is 0 Å². The molecule has 0 aliphatic heterocycles. The lowest BCUT2D eigenvalue weighted by molar-refractivity contribution is 0.294. The van der Waals surface area contributed by atoms with Crippen LogP contribution in [0.4, 0.5) is 0 Å². The zero-order valence-corrected chi connectivity index (χ0v) is 12.0. The van der Waals surface area contributed by atoms with E-state index in [1.165, 1.54) is 18.4 Å². The van der Waals surface area contributed by atoms with Gasteiger partial charge in [-0.1, -0.05) is 32.8 Å². The average Bonchev–Trinajstić information content (AvgIpc) is 2.37.